The molecule has 4 rings (SSSR count). The van der Waals surface area contributed by atoms with Crippen LogP contribution < -0.4 is 15.1 Å². The van der Waals surface area contributed by atoms with Crippen molar-refractivity contribution in [2.75, 3.05) is 15.1 Å². The predicted molar refractivity (Wildman–Crippen MR) is 111 cm³/mol. The topological polar surface area (TPSA) is 69.7 Å². The van der Waals surface area contributed by atoms with Crippen molar-refractivity contribution >= 4 is 34.9 Å². The second-order valence-corrected chi connectivity index (χ2v) is 6.31. The highest BCUT2D eigenvalue weighted by Crippen LogP contribution is 2.31. The zero-order valence-electron chi connectivity index (χ0n) is 15.4. The lowest BCUT2D eigenvalue weighted by Gasteiger charge is -2.17. The van der Waals surface area contributed by atoms with Crippen LogP contribution in [0.25, 0.3) is 0 Å². The van der Waals surface area contributed by atoms with Crippen molar-refractivity contribution in [1.82, 2.24) is 0 Å². The molecule has 1 saturated heterocycles. The molecular weight excluding hydrogens is 366 g/mol. The Hall–Kier alpha value is -4.19. The number of carbonyl (C=O) groups excluding carboxylic acids is 3. The molecule has 0 aromatic heterocycles. The molecule has 0 radical (unpaired) electrons. The summed E-state index contributed by atoms with van der Waals surface area (Å²) in [4.78, 5) is 41.1. The molecule has 0 atom stereocenters. The first-order valence-corrected chi connectivity index (χ1v) is 9.01. The molecule has 1 aliphatic rings. The first-order valence-electron chi connectivity index (χ1n) is 9.01. The number of rotatable bonds is 4. The van der Waals surface area contributed by atoms with Crippen LogP contribution in [0.15, 0.2) is 103 Å². The Kier molecular flexibility index (Phi) is 4.90. The van der Waals surface area contributed by atoms with Gasteiger partial charge in [-0.1, -0.05) is 54.6 Å². The SMILES string of the molecule is O=C(C=C1C(=O)N(c2ccccc2)C(=O)N1c1ccccc1)Nc1ccccc1. The first kappa shape index (κ1) is 18.2. The maximum Gasteiger partial charge on any atom is 0.340 e. The van der Waals surface area contributed by atoms with Gasteiger partial charge in [0.1, 0.15) is 5.70 Å². The van der Waals surface area contributed by atoms with E-state index in [1.807, 2.05) is 12.1 Å². The van der Waals surface area contributed by atoms with Crippen molar-refractivity contribution in [3.8, 4) is 0 Å². The summed E-state index contributed by atoms with van der Waals surface area (Å²) in [5, 5.41) is 2.71. The van der Waals surface area contributed by atoms with Gasteiger partial charge in [-0.3, -0.25) is 14.5 Å². The van der Waals surface area contributed by atoms with E-state index in [1.165, 1.54) is 4.90 Å². The lowest BCUT2D eigenvalue weighted by atomic mass is 10.2. The molecule has 0 aliphatic carbocycles. The maximum absolute atomic E-state index is 13.1. The van der Waals surface area contributed by atoms with E-state index >= 15 is 0 Å². The predicted octanol–water partition coefficient (Wildman–Crippen LogP) is 4.18. The van der Waals surface area contributed by atoms with Crippen molar-refractivity contribution in [1.29, 1.82) is 0 Å². The molecule has 4 amide bonds. The molecule has 142 valence electrons. The van der Waals surface area contributed by atoms with Crippen molar-refractivity contribution in [3.05, 3.63) is 103 Å². The van der Waals surface area contributed by atoms with Crippen LogP contribution in [0.1, 0.15) is 0 Å². The number of imide groups is 1. The molecule has 3 aromatic carbocycles. The molecular formula is C23H17N3O3. The van der Waals surface area contributed by atoms with Gasteiger partial charge in [-0.15, -0.1) is 0 Å². The number of carbonyl (C=O) groups is 3. The normalized spacial score (nSPS) is 15.1. The Labute approximate surface area is 167 Å². The first-order chi connectivity index (χ1) is 14.1. The summed E-state index contributed by atoms with van der Waals surface area (Å²) < 4.78 is 0. The molecule has 0 saturated carbocycles. The largest absolute Gasteiger partial charge is 0.340 e. The minimum absolute atomic E-state index is 0.0153. The molecule has 1 heterocycles. The van der Waals surface area contributed by atoms with Crippen LogP contribution >= 0.6 is 0 Å². The average molecular weight is 383 g/mol. The third kappa shape index (κ3) is 3.64. The third-order valence-corrected chi connectivity index (χ3v) is 4.38. The smallest absolute Gasteiger partial charge is 0.322 e. The molecule has 0 bridgehead atoms. The van der Waals surface area contributed by atoms with E-state index in [1.54, 1.807) is 78.9 Å². The zero-order chi connectivity index (χ0) is 20.2. The highest BCUT2D eigenvalue weighted by molar-refractivity contribution is 6.35. The van der Waals surface area contributed by atoms with E-state index in [0.29, 0.717) is 17.1 Å². The number of hydrogen-bond donors (Lipinski definition) is 1. The van der Waals surface area contributed by atoms with E-state index < -0.39 is 17.8 Å². The molecule has 3 aromatic rings. The zero-order valence-corrected chi connectivity index (χ0v) is 15.4. The van der Waals surface area contributed by atoms with Crippen LogP contribution in [0, 0.1) is 0 Å². The van der Waals surface area contributed by atoms with E-state index in [0.717, 1.165) is 11.0 Å². The van der Waals surface area contributed by atoms with Gasteiger partial charge in [-0.05, 0) is 36.4 Å². The number of urea groups is 1. The molecule has 6 nitrogen and oxygen atoms in total. The van der Waals surface area contributed by atoms with Crippen molar-refractivity contribution < 1.29 is 14.4 Å². The fraction of sp³-hybridized carbons (Fsp3) is 0. The van der Waals surface area contributed by atoms with Gasteiger partial charge < -0.3 is 5.32 Å². The van der Waals surface area contributed by atoms with Crippen molar-refractivity contribution in [3.63, 3.8) is 0 Å². The summed E-state index contributed by atoms with van der Waals surface area (Å²) in [7, 11) is 0. The quantitative estimate of drug-likeness (QED) is 0.543. The number of nitrogens with zero attached hydrogens (tertiary/aromatic N) is 2. The number of amides is 4. The Bertz CT molecular complexity index is 1080. The number of nitrogens with one attached hydrogen (secondary N) is 1. The van der Waals surface area contributed by atoms with Gasteiger partial charge in [0, 0.05) is 11.8 Å². The summed E-state index contributed by atoms with van der Waals surface area (Å²) in [6.07, 6.45) is 1.16. The second-order valence-electron chi connectivity index (χ2n) is 6.31. The molecule has 0 spiro atoms. The Morgan fingerprint density at radius 3 is 1.72 bits per heavy atom. The molecule has 0 unspecified atom stereocenters. The molecule has 29 heavy (non-hydrogen) atoms. The summed E-state index contributed by atoms with van der Waals surface area (Å²) in [6.45, 7) is 0. The summed E-state index contributed by atoms with van der Waals surface area (Å²) in [5.74, 6) is -1.06. The lowest BCUT2D eigenvalue weighted by molar-refractivity contribution is -0.115. The third-order valence-electron chi connectivity index (χ3n) is 4.38. The van der Waals surface area contributed by atoms with Gasteiger partial charge in [-0.2, -0.15) is 0 Å². The van der Waals surface area contributed by atoms with E-state index in [-0.39, 0.29) is 5.70 Å². The van der Waals surface area contributed by atoms with Crippen LogP contribution in [-0.4, -0.2) is 17.8 Å². The van der Waals surface area contributed by atoms with Gasteiger partial charge in [0.15, 0.2) is 0 Å². The minimum Gasteiger partial charge on any atom is -0.322 e. The van der Waals surface area contributed by atoms with Gasteiger partial charge in [-0.25, -0.2) is 9.69 Å². The minimum atomic E-state index is -0.562. The van der Waals surface area contributed by atoms with Crippen molar-refractivity contribution in [2.45, 2.75) is 0 Å². The van der Waals surface area contributed by atoms with E-state index in [2.05, 4.69) is 5.32 Å². The fourth-order valence-corrected chi connectivity index (χ4v) is 3.08. The van der Waals surface area contributed by atoms with Crippen molar-refractivity contribution in [2.24, 2.45) is 0 Å². The fourth-order valence-electron chi connectivity index (χ4n) is 3.08. The number of hydrogen-bond acceptors (Lipinski definition) is 3. The summed E-state index contributed by atoms with van der Waals surface area (Å²) in [5.41, 5.74) is 1.52. The molecule has 1 aliphatic heterocycles. The van der Waals surface area contributed by atoms with Crippen LogP contribution in [0.5, 0.6) is 0 Å². The lowest BCUT2D eigenvalue weighted by Crippen LogP contribution is -2.32. The highest BCUT2D eigenvalue weighted by Gasteiger charge is 2.43. The summed E-state index contributed by atoms with van der Waals surface area (Å²) >= 11 is 0. The standard InChI is InChI=1S/C23H17N3O3/c27-21(24-17-10-4-1-5-11-17)16-20-22(28)26(19-14-8-3-9-15-19)23(29)25(20)18-12-6-2-7-13-18/h1-16H,(H,24,27). The van der Waals surface area contributed by atoms with Crippen LogP contribution in [0.2, 0.25) is 0 Å². The van der Waals surface area contributed by atoms with E-state index in [9.17, 15) is 14.4 Å². The summed E-state index contributed by atoms with van der Waals surface area (Å²) in [6, 6.07) is 25.8. The number of benzene rings is 3. The van der Waals surface area contributed by atoms with Crippen LogP contribution in [-0.2, 0) is 9.59 Å². The Balaban J connectivity index is 1.73. The van der Waals surface area contributed by atoms with Gasteiger partial charge >= 0.3 is 6.03 Å². The van der Waals surface area contributed by atoms with Crippen LogP contribution in [0.4, 0.5) is 21.9 Å². The van der Waals surface area contributed by atoms with Gasteiger partial charge in [0.25, 0.3) is 11.8 Å². The maximum atomic E-state index is 13.1. The average Bonchev–Trinajstić information content (AvgIpc) is 2.99. The Morgan fingerprint density at radius 1 is 0.690 bits per heavy atom. The number of anilines is 3. The monoisotopic (exact) mass is 383 g/mol. The molecule has 6 heteroatoms. The van der Waals surface area contributed by atoms with Crippen LogP contribution in [0.3, 0.4) is 0 Å². The second kappa shape index (κ2) is 7.82. The van der Waals surface area contributed by atoms with Gasteiger partial charge in [0.2, 0.25) is 0 Å². The Morgan fingerprint density at radius 2 is 1.17 bits per heavy atom. The van der Waals surface area contributed by atoms with E-state index in [4.69, 9.17) is 0 Å². The van der Waals surface area contributed by atoms with Gasteiger partial charge in [0.05, 0.1) is 11.4 Å². The molecule has 1 N–H and O–H groups in total. The number of para-hydroxylation sites is 3. The molecule has 1 fully saturated rings. The highest BCUT2D eigenvalue weighted by atomic mass is 16.2.